The van der Waals surface area contributed by atoms with E-state index in [2.05, 4.69) is 15.9 Å². The average Bonchev–Trinajstić information content (AvgIpc) is 2.64. The van der Waals surface area contributed by atoms with E-state index in [0.717, 1.165) is 4.47 Å². The fraction of sp³-hybridized carbons (Fsp3) is 0.222. The molecule has 7 heteroatoms. The summed E-state index contributed by atoms with van der Waals surface area (Å²) in [5, 5.41) is 0. The summed E-state index contributed by atoms with van der Waals surface area (Å²) in [4.78, 5) is 26.3. The quantitative estimate of drug-likeness (QED) is 0.578. The predicted molar refractivity (Wildman–Crippen MR) is 96.9 cm³/mol. The molecule has 0 N–H and O–H groups in total. The van der Waals surface area contributed by atoms with Crippen LogP contribution in [0, 0.1) is 0 Å². The van der Waals surface area contributed by atoms with Crippen molar-refractivity contribution in [2.45, 2.75) is 0 Å². The molecule has 0 spiro atoms. The van der Waals surface area contributed by atoms with Crippen LogP contribution in [0.1, 0.15) is 10.4 Å². The molecule has 0 unspecified atom stereocenters. The van der Waals surface area contributed by atoms with Crippen LogP contribution in [-0.2, 0) is 9.47 Å². The van der Waals surface area contributed by atoms with E-state index in [0.29, 0.717) is 37.7 Å². The number of carbonyl (C=O) groups is 1. The van der Waals surface area contributed by atoms with Gasteiger partial charge in [0.15, 0.2) is 0 Å². The summed E-state index contributed by atoms with van der Waals surface area (Å²) in [5.74, 6) is -0.154. The van der Waals surface area contributed by atoms with Crippen molar-refractivity contribution < 1.29 is 14.3 Å². The summed E-state index contributed by atoms with van der Waals surface area (Å²) in [6.45, 7) is 2.25. The largest absolute Gasteiger partial charge is 0.404 e. The van der Waals surface area contributed by atoms with Crippen molar-refractivity contribution in [1.29, 1.82) is 0 Å². The fourth-order valence-electron chi connectivity index (χ4n) is 2.36. The van der Waals surface area contributed by atoms with Crippen molar-refractivity contribution >= 4 is 28.1 Å². The maximum absolute atomic E-state index is 12.5. The number of halogens is 1. The molecule has 1 aromatic heterocycles. The lowest BCUT2D eigenvalue weighted by Gasteiger charge is -2.29. The van der Waals surface area contributed by atoms with Gasteiger partial charge in [0.25, 0.3) is 5.56 Å². The molecule has 1 saturated heterocycles. The Morgan fingerprint density at radius 3 is 2.52 bits per heavy atom. The van der Waals surface area contributed by atoms with E-state index in [-0.39, 0.29) is 5.56 Å². The number of rotatable bonds is 4. The number of morpholine rings is 1. The Balaban J connectivity index is 1.88. The number of pyridine rings is 1. The summed E-state index contributed by atoms with van der Waals surface area (Å²) in [5.41, 5.74) is 0.232. The summed E-state index contributed by atoms with van der Waals surface area (Å²) in [6, 6.07) is 11.8. The number of hydrogen-bond donors (Lipinski definition) is 0. The molecule has 3 rings (SSSR count). The third kappa shape index (κ3) is 4.58. The molecule has 1 aliphatic heterocycles. The van der Waals surface area contributed by atoms with Gasteiger partial charge in [0.1, 0.15) is 0 Å². The molecule has 0 saturated carbocycles. The molecule has 6 nitrogen and oxygen atoms in total. The van der Waals surface area contributed by atoms with Crippen LogP contribution in [-0.4, -0.2) is 41.7 Å². The smallest absolute Gasteiger partial charge is 0.344 e. The minimum absolute atomic E-state index is 0.201. The first-order valence-corrected chi connectivity index (χ1v) is 8.62. The predicted octanol–water partition coefficient (Wildman–Crippen LogP) is 2.56. The lowest BCUT2D eigenvalue weighted by Crippen LogP contribution is -2.37. The molecule has 130 valence electrons. The van der Waals surface area contributed by atoms with Gasteiger partial charge in [0.05, 0.1) is 25.0 Å². The number of aromatic nitrogens is 1. The Hall–Kier alpha value is -2.38. The number of benzene rings is 1. The van der Waals surface area contributed by atoms with Crippen LogP contribution < -0.4 is 5.56 Å². The summed E-state index contributed by atoms with van der Waals surface area (Å²) < 4.78 is 13.2. The molecule has 1 aromatic carbocycles. The lowest BCUT2D eigenvalue weighted by molar-refractivity contribution is 0.0153. The van der Waals surface area contributed by atoms with Crippen LogP contribution in [0.3, 0.4) is 0 Å². The Labute approximate surface area is 153 Å². The van der Waals surface area contributed by atoms with Gasteiger partial charge in [-0.2, -0.15) is 0 Å². The number of hydrogen-bond acceptors (Lipinski definition) is 5. The fourth-order valence-corrected chi connectivity index (χ4v) is 2.63. The van der Waals surface area contributed by atoms with Crippen molar-refractivity contribution in [3.8, 4) is 0 Å². The molecule has 2 heterocycles. The molecule has 0 amide bonds. The Morgan fingerprint density at radius 1 is 1.12 bits per heavy atom. The zero-order valence-electron chi connectivity index (χ0n) is 13.4. The highest BCUT2D eigenvalue weighted by molar-refractivity contribution is 9.10. The number of nitrogens with zero attached hydrogens (tertiary/aromatic N) is 2. The molecule has 0 aliphatic carbocycles. The van der Waals surface area contributed by atoms with Gasteiger partial charge in [-0.15, -0.1) is 0 Å². The van der Waals surface area contributed by atoms with Crippen molar-refractivity contribution in [2.75, 3.05) is 26.3 Å². The van der Waals surface area contributed by atoms with Gasteiger partial charge >= 0.3 is 5.97 Å². The molecule has 0 atom stereocenters. The summed E-state index contributed by atoms with van der Waals surface area (Å²) in [7, 11) is 0. The topological polar surface area (TPSA) is 60.8 Å². The highest BCUT2D eigenvalue weighted by atomic mass is 79.9. The van der Waals surface area contributed by atoms with Crippen LogP contribution in [0.4, 0.5) is 0 Å². The number of esters is 1. The van der Waals surface area contributed by atoms with Crippen LogP contribution in [0.15, 0.2) is 63.8 Å². The van der Waals surface area contributed by atoms with Crippen LogP contribution in [0.25, 0.3) is 6.20 Å². The first-order chi connectivity index (χ1) is 12.1. The number of carbonyl (C=O) groups excluding carboxylic acids is 1. The van der Waals surface area contributed by atoms with E-state index >= 15 is 0 Å². The zero-order chi connectivity index (χ0) is 17.6. The lowest BCUT2D eigenvalue weighted by atomic mass is 10.2. The molecule has 1 fully saturated rings. The Bertz CT molecular complexity index is 823. The van der Waals surface area contributed by atoms with Gasteiger partial charge < -0.3 is 14.4 Å². The van der Waals surface area contributed by atoms with Gasteiger partial charge in [-0.1, -0.05) is 22.0 Å². The third-order valence-electron chi connectivity index (χ3n) is 3.70. The molecular weight excluding hydrogens is 388 g/mol. The Kier molecular flexibility index (Phi) is 5.67. The van der Waals surface area contributed by atoms with Gasteiger partial charge in [-0.25, -0.2) is 4.79 Å². The molecule has 1 aliphatic rings. The minimum atomic E-state index is -0.478. The van der Waals surface area contributed by atoms with E-state index in [1.165, 1.54) is 16.8 Å². The van der Waals surface area contributed by atoms with Crippen molar-refractivity contribution in [1.82, 2.24) is 9.47 Å². The van der Waals surface area contributed by atoms with Gasteiger partial charge in [-0.3, -0.25) is 9.36 Å². The van der Waals surface area contributed by atoms with Crippen molar-refractivity contribution in [3.05, 3.63) is 74.9 Å². The third-order valence-corrected chi connectivity index (χ3v) is 4.23. The first-order valence-electron chi connectivity index (χ1n) is 7.83. The molecule has 25 heavy (non-hydrogen) atoms. The van der Waals surface area contributed by atoms with Gasteiger partial charge in [0, 0.05) is 29.8 Å². The number of ether oxygens (including phenoxy) is 2. The van der Waals surface area contributed by atoms with Gasteiger partial charge in [0.2, 0.25) is 5.88 Å². The van der Waals surface area contributed by atoms with E-state index < -0.39 is 5.97 Å². The second-order valence-electron chi connectivity index (χ2n) is 5.41. The van der Waals surface area contributed by atoms with Crippen LogP contribution in [0.2, 0.25) is 0 Å². The van der Waals surface area contributed by atoms with E-state index in [9.17, 15) is 9.59 Å². The maximum atomic E-state index is 12.5. The van der Waals surface area contributed by atoms with Gasteiger partial charge in [-0.05, 0) is 30.3 Å². The SMILES string of the molecule is O=C(OC(=Cn1ccccc1=O)N1CCOCC1)c1ccc(Br)cc1. The molecule has 2 aromatic rings. The van der Waals surface area contributed by atoms with E-state index in [1.807, 2.05) is 4.90 Å². The average molecular weight is 405 g/mol. The second kappa shape index (κ2) is 8.13. The standard InChI is InChI=1S/C18H17BrN2O4/c19-15-6-4-14(5-7-15)18(23)25-17(20-9-11-24-12-10-20)13-21-8-2-1-3-16(21)22/h1-8,13H,9-12H2. The zero-order valence-corrected chi connectivity index (χ0v) is 15.0. The molecular formula is C18H17BrN2O4. The maximum Gasteiger partial charge on any atom is 0.344 e. The minimum Gasteiger partial charge on any atom is -0.404 e. The molecule has 0 bridgehead atoms. The summed E-state index contributed by atoms with van der Waals surface area (Å²) in [6.07, 6.45) is 3.15. The normalized spacial score (nSPS) is 15.1. The van der Waals surface area contributed by atoms with E-state index in [4.69, 9.17) is 9.47 Å². The Morgan fingerprint density at radius 2 is 1.84 bits per heavy atom. The first kappa shape index (κ1) is 17.4. The monoisotopic (exact) mass is 404 g/mol. The highest BCUT2D eigenvalue weighted by Gasteiger charge is 2.19. The second-order valence-corrected chi connectivity index (χ2v) is 6.32. The highest BCUT2D eigenvalue weighted by Crippen LogP contribution is 2.16. The van der Waals surface area contributed by atoms with E-state index in [1.54, 1.807) is 42.6 Å². The van der Waals surface area contributed by atoms with Crippen molar-refractivity contribution in [2.24, 2.45) is 0 Å². The van der Waals surface area contributed by atoms with Crippen LogP contribution >= 0.6 is 15.9 Å². The molecule has 0 radical (unpaired) electrons. The van der Waals surface area contributed by atoms with Crippen LogP contribution in [0.5, 0.6) is 0 Å². The summed E-state index contributed by atoms with van der Waals surface area (Å²) >= 11 is 3.34. The van der Waals surface area contributed by atoms with Crippen molar-refractivity contribution in [3.63, 3.8) is 0 Å².